The lowest BCUT2D eigenvalue weighted by molar-refractivity contribution is 0.0865. The number of rotatable bonds is 3. The molecule has 1 N–H and O–H groups in total. The summed E-state index contributed by atoms with van der Waals surface area (Å²) < 4.78 is 0. The van der Waals surface area contributed by atoms with Crippen LogP contribution in [-0.4, -0.2) is 7.11 Å². The highest BCUT2D eigenvalue weighted by molar-refractivity contribution is 5.36. The lowest BCUT2D eigenvalue weighted by Crippen LogP contribution is -2.12. The Balaban J connectivity index is 2.92. The Kier molecular flexibility index (Phi) is 3.46. The van der Waals surface area contributed by atoms with Crippen molar-refractivity contribution >= 4 is 0 Å². The molecule has 0 spiro atoms. The van der Waals surface area contributed by atoms with Crippen LogP contribution in [0.3, 0.4) is 0 Å². The van der Waals surface area contributed by atoms with Crippen molar-refractivity contribution in [1.82, 2.24) is 5.48 Å². The molecule has 0 saturated carbocycles. The molecule has 0 atom stereocenters. The first kappa shape index (κ1) is 10.2. The van der Waals surface area contributed by atoms with Crippen molar-refractivity contribution < 1.29 is 4.84 Å². The van der Waals surface area contributed by atoms with Crippen molar-refractivity contribution in [1.29, 1.82) is 0 Å². The van der Waals surface area contributed by atoms with Crippen LogP contribution >= 0.6 is 0 Å². The number of hydroxylamine groups is 1. The summed E-state index contributed by atoms with van der Waals surface area (Å²) in [6.07, 6.45) is 0. The van der Waals surface area contributed by atoms with E-state index in [1.54, 1.807) is 7.11 Å². The van der Waals surface area contributed by atoms with Crippen LogP contribution in [0.25, 0.3) is 0 Å². The summed E-state index contributed by atoms with van der Waals surface area (Å²) in [6.45, 7) is 7.16. The zero-order valence-electron chi connectivity index (χ0n) is 8.77. The van der Waals surface area contributed by atoms with Gasteiger partial charge in [0, 0.05) is 6.54 Å². The molecule has 0 aliphatic rings. The van der Waals surface area contributed by atoms with Crippen LogP contribution in [-0.2, 0) is 11.4 Å². The maximum atomic E-state index is 4.83. The van der Waals surface area contributed by atoms with E-state index in [9.17, 15) is 0 Å². The van der Waals surface area contributed by atoms with E-state index in [1.165, 1.54) is 22.3 Å². The second kappa shape index (κ2) is 4.40. The average Bonchev–Trinajstić information content (AvgIpc) is 2.09. The first-order valence-electron chi connectivity index (χ1n) is 4.47. The SMILES string of the molecule is CONCc1cc(C)cc(C)c1C. The minimum Gasteiger partial charge on any atom is -0.305 e. The molecular weight excluding hydrogens is 162 g/mol. The first-order chi connectivity index (χ1) is 6.15. The Labute approximate surface area is 79.9 Å². The van der Waals surface area contributed by atoms with Crippen LogP contribution in [0, 0.1) is 20.8 Å². The zero-order valence-corrected chi connectivity index (χ0v) is 8.77. The lowest BCUT2D eigenvalue weighted by atomic mass is 10.0. The van der Waals surface area contributed by atoms with Gasteiger partial charge in [-0.3, -0.25) is 0 Å². The first-order valence-corrected chi connectivity index (χ1v) is 4.47. The fourth-order valence-corrected chi connectivity index (χ4v) is 1.46. The van der Waals surface area contributed by atoms with Crippen LogP contribution in [0.2, 0.25) is 0 Å². The van der Waals surface area contributed by atoms with E-state index < -0.39 is 0 Å². The van der Waals surface area contributed by atoms with E-state index in [-0.39, 0.29) is 0 Å². The van der Waals surface area contributed by atoms with Gasteiger partial charge >= 0.3 is 0 Å². The fraction of sp³-hybridized carbons (Fsp3) is 0.455. The number of benzene rings is 1. The summed E-state index contributed by atoms with van der Waals surface area (Å²) in [6, 6.07) is 4.39. The van der Waals surface area contributed by atoms with Gasteiger partial charge in [0.15, 0.2) is 0 Å². The zero-order chi connectivity index (χ0) is 9.84. The van der Waals surface area contributed by atoms with E-state index in [2.05, 4.69) is 38.4 Å². The monoisotopic (exact) mass is 179 g/mol. The van der Waals surface area contributed by atoms with Crippen molar-refractivity contribution in [2.75, 3.05) is 7.11 Å². The normalized spacial score (nSPS) is 10.5. The third-order valence-electron chi connectivity index (χ3n) is 2.33. The number of hydrogen-bond donors (Lipinski definition) is 1. The standard InChI is InChI=1S/C11H17NO/c1-8-5-9(2)10(3)11(6-8)7-12-13-4/h5-6,12H,7H2,1-4H3. The van der Waals surface area contributed by atoms with Crippen molar-refractivity contribution in [2.45, 2.75) is 27.3 Å². The van der Waals surface area contributed by atoms with Gasteiger partial charge < -0.3 is 4.84 Å². The molecule has 0 aliphatic heterocycles. The quantitative estimate of drug-likeness (QED) is 0.719. The molecule has 0 amide bonds. The fourth-order valence-electron chi connectivity index (χ4n) is 1.46. The molecule has 0 aliphatic carbocycles. The minimum absolute atomic E-state index is 0.769. The van der Waals surface area contributed by atoms with Crippen molar-refractivity contribution in [3.8, 4) is 0 Å². The lowest BCUT2D eigenvalue weighted by Gasteiger charge is -2.10. The molecule has 0 unspecified atom stereocenters. The van der Waals surface area contributed by atoms with Gasteiger partial charge in [0.25, 0.3) is 0 Å². The molecule has 0 heterocycles. The molecular formula is C11H17NO. The molecule has 2 heteroatoms. The van der Waals surface area contributed by atoms with E-state index in [4.69, 9.17) is 4.84 Å². The van der Waals surface area contributed by atoms with E-state index >= 15 is 0 Å². The average molecular weight is 179 g/mol. The third kappa shape index (κ3) is 2.54. The third-order valence-corrected chi connectivity index (χ3v) is 2.33. The van der Waals surface area contributed by atoms with Gasteiger partial charge in [0.05, 0.1) is 7.11 Å². The predicted octanol–water partition coefficient (Wildman–Crippen LogP) is 2.26. The Morgan fingerprint density at radius 1 is 1.23 bits per heavy atom. The number of aryl methyl sites for hydroxylation is 2. The van der Waals surface area contributed by atoms with Crippen LogP contribution in [0.5, 0.6) is 0 Å². The van der Waals surface area contributed by atoms with E-state index in [0.717, 1.165) is 6.54 Å². The molecule has 1 rings (SSSR count). The van der Waals surface area contributed by atoms with Crippen molar-refractivity contribution in [2.24, 2.45) is 0 Å². The van der Waals surface area contributed by atoms with Gasteiger partial charge in [-0.25, -0.2) is 0 Å². The molecule has 0 bridgehead atoms. The molecule has 72 valence electrons. The molecule has 0 radical (unpaired) electrons. The Morgan fingerprint density at radius 2 is 1.92 bits per heavy atom. The van der Waals surface area contributed by atoms with Crippen molar-refractivity contribution in [3.63, 3.8) is 0 Å². The van der Waals surface area contributed by atoms with Gasteiger partial charge in [0.2, 0.25) is 0 Å². The molecule has 2 nitrogen and oxygen atoms in total. The van der Waals surface area contributed by atoms with Crippen LogP contribution < -0.4 is 5.48 Å². The van der Waals surface area contributed by atoms with E-state index in [0.29, 0.717) is 0 Å². The summed E-state index contributed by atoms with van der Waals surface area (Å²) in [5, 5.41) is 0. The van der Waals surface area contributed by atoms with Gasteiger partial charge in [0.1, 0.15) is 0 Å². The predicted molar refractivity (Wildman–Crippen MR) is 54.5 cm³/mol. The smallest absolute Gasteiger partial charge is 0.0572 e. The summed E-state index contributed by atoms with van der Waals surface area (Å²) >= 11 is 0. The van der Waals surface area contributed by atoms with Gasteiger partial charge in [-0.05, 0) is 37.5 Å². The number of hydrogen-bond acceptors (Lipinski definition) is 2. The topological polar surface area (TPSA) is 21.3 Å². The molecule has 1 aromatic carbocycles. The molecule has 13 heavy (non-hydrogen) atoms. The summed E-state index contributed by atoms with van der Waals surface area (Å²) in [4.78, 5) is 4.83. The highest BCUT2D eigenvalue weighted by atomic mass is 16.6. The summed E-state index contributed by atoms with van der Waals surface area (Å²) in [7, 11) is 1.64. The Bertz CT molecular complexity index is 294. The highest BCUT2D eigenvalue weighted by Gasteiger charge is 2.01. The second-order valence-corrected chi connectivity index (χ2v) is 3.39. The second-order valence-electron chi connectivity index (χ2n) is 3.39. The van der Waals surface area contributed by atoms with Gasteiger partial charge in [-0.1, -0.05) is 17.7 Å². The highest BCUT2D eigenvalue weighted by Crippen LogP contribution is 2.15. The molecule has 0 aromatic heterocycles. The van der Waals surface area contributed by atoms with Crippen LogP contribution in [0.15, 0.2) is 12.1 Å². The Morgan fingerprint density at radius 3 is 2.54 bits per heavy atom. The largest absolute Gasteiger partial charge is 0.305 e. The van der Waals surface area contributed by atoms with Gasteiger partial charge in [-0.15, -0.1) is 0 Å². The van der Waals surface area contributed by atoms with Crippen molar-refractivity contribution in [3.05, 3.63) is 34.4 Å². The summed E-state index contributed by atoms with van der Waals surface area (Å²) in [5.41, 5.74) is 8.15. The van der Waals surface area contributed by atoms with Gasteiger partial charge in [-0.2, -0.15) is 5.48 Å². The summed E-state index contributed by atoms with van der Waals surface area (Å²) in [5.74, 6) is 0. The molecule has 0 saturated heterocycles. The van der Waals surface area contributed by atoms with Crippen LogP contribution in [0.4, 0.5) is 0 Å². The maximum Gasteiger partial charge on any atom is 0.0572 e. The molecule has 0 fully saturated rings. The minimum atomic E-state index is 0.769. The van der Waals surface area contributed by atoms with Crippen LogP contribution in [0.1, 0.15) is 22.3 Å². The van der Waals surface area contributed by atoms with E-state index in [1.807, 2.05) is 0 Å². The Hall–Kier alpha value is -0.860. The molecule has 1 aromatic rings. The number of nitrogens with one attached hydrogen (secondary N) is 1. The maximum absolute atomic E-state index is 4.83.